The van der Waals surface area contributed by atoms with E-state index in [1.807, 2.05) is 116 Å². The van der Waals surface area contributed by atoms with Crippen molar-refractivity contribution in [2.24, 2.45) is 0 Å². The second kappa shape index (κ2) is 9.67. The Morgan fingerprint density at radius 1 is 0.722 bits per heavy atom. The Bertz CT molecular complexity index is 1450. The summed E-state index contributed by atoms with van der Waals surface area (Å²) in [5.41, 5.74) is 1.45. The van der Waals surface area contributed by atoms with Gasteiger partial charge in [-0.1, -0.05) is 109 Å². The van der Waals surface area contributed by atoms with Crippen LogP contribution in [0, 0.1) is 0 Å². The van der Waals surface area contributed by atoms with Crippen molar-refractivity contribution < 1.29 is 14.7 Å². The number of nitrogens with one attached hydrogen (secondary N) is 1. The van der Waals surface area contributed by atoms with Gasteiger partial charge >= 0.3 is 5.97 Å². The van der Waals surface area contributed by atoms with Gasteiger partial charge in [-0.2, -0.15) is 0 Å². The molecule has 4 nitrogen and oxygen atoms in total. The van der Waals surface area contributed by atoms with E-state index in [1.54, 1.807) is 0 Å². The summed E-state index contributed by atoms with van der Waals surface area (Å²) in [6.45, 7) is 1.85. The van der Waals surface area contributed by atoms with Crippen LogP contribution < -0.4 is 5.32 Å². The molecule has 1 atom stereocenters. The van der Waals surface area contributed by atoms with Crippen molar-refractivity contribution in [2.75, 3.05) is 0 Å². The summed E-state index contributed by atoms with van der Waals surface area (Å²) in [6.07, 6.45) is 0.169. The highest BCUT2D eigenvalue weighted by atomic mass is 16.4. The topological polar surface area (TPSA) is 66.4 Å². The van der Waals surface area contributed by atoms with Gasteiger partial charge in [0.2, 0.25) is 5.91 Å². The molecular weight excluding hydrogens is 446 g/mol. The van der Waals surface area contributed by atoms with Crippen LogP contribution in [0.25, 0.3) is 21.5 Å². The van der Waals surface area contributed by atoms with Gasteiger partial charge in [0.15, 0.2) is 0 Å². The van der Waals surface area contributed by atoms with Crippen molar-refractivity contribution in [3.8, 4) is 0 Å². The minimum Gasteiger partial charge on any atom is -0.480 e. The first-order valence-corrected chi connectivity index (χ1v) is 12.0. The molecule has 0 saturated heterocycles. The molecule has 0 unspecified atom stereocenters. The lowest BCUT2D eigenvalue weighted by molar-refractivity contribution is -0.142. The molecule has 0 heterocycles. The number of carbonyl (C=O) groups excluding carboxylic acids is 1. The fraction of sp³-hybridized carbons (Fsp3) is 0.125. The van der Waals surface area contributed by atoms with Crippen molar-refractivity contribution in [1.82, 2.24) is 5.32 Å². The van der Waals surface area contributed by atoms with Crippen LogP contribution in [0.2, 0.25) is 0 Å². The zero-order valence-corrected chi connectivity index (χ0v) is 20.0. The van der Waals surface area contributed by atoms with Crippen LogP contribution in [-0.4, -0.2) is 23.0 Å². The highest BCUT2D eigenvalue weighted by Crippen LogP contribution is 2.33. The molecule has 178 valence electrons. The first kappa shape index (κ1) is 23.3. The predicted octanol–water partition coefficient (Wildman–Crippen LogP) is 6.11. The number of carbonyl (C=O) groups is 2. The van der Waals surface area contributed by atoms with Gasteiger partial charge < -0.3 is 10.4 Å². The summed E-state index contributed by atoms with van der Waals surface area (Å²) in [5, 5.41) is 17.2. The number of aliphatic carboxylic acids is 1. The molecule has 0 aliphatic carbocycles. The van der Waals surface area contributed by atoms with Gasteiger partial charge in [0.05, 0.1) is 5.41 Å². The second-order valence-electron chi connectivity index (χ2n) is 9.22. The number of carboxylic acid groups (broad SMARTS) is 1. The lowest BCUT2D eigenvalue weighted by atomic mass is 9.75. The summed E-state index contributed by atoms with van der Waals surface area (Å²) in [5.74, 6) is -1.42. The number of rotatable bonds is 7. The zero-order valence-electron chi connectivity index (χ0n) is 20.0. The summed E-state index contributed by atoms with van der Waals surface area (Å²) in [6, 6.07) is 35.9. The third kappa shape index (κ3) is 4.22. The molecule has 0 bridgehead atoms. The molecule has 4 heteroatoms. The summed E-state index contributed by atoms with van der Waals surface area (Å²) in [4.78, 5) is 26.4. The number of hydrogen-bond donors (Lipinski definition) is 2. The molecule has 1 amide bonds. The third-order valence-electron chi connectivity index (χ3n) is 7.05. The lowest BCUT2D eigenvalue weighted by Crippen LogP contribution is -2.50. The van der Waals surface area contributed by atoms with E-state index in [2.05, 4.69) is 11.4 Å². The van der Waals surface area contributed by atoms with E-state index in [0.717, 1.165) is 38.2 Å². The maximum absolute atomic E-state index is 13.9. The van der Waals surface area contributed by atoms with E-state index >= 15 is 0 Å². The largest absolute Gasteiger partial charge is 0.480 e. The average molecular weight is 474 g/mol. The monoisotopic (exact) mass is 473 g/mol. The molecule has 0 fully saturated rings. The SMILES string of the molecule is CC(C(=O)N[C@@H](Cc1c2ccccc2cc2ccccc12)C(=O)O)(c1ccccc1)c1ccccc1. The van der Waals surface area contributed by atoms with E-state index in [9.17, 15) is 14.7 Å². The van der Waals surface area contributed by atoms with Gasteiger partial charge in [0, 0.05) is 6.42 Å². The fourth-order valence-corrected chi connectivity index (χ4v) is 5.01. The molecule has 5 rings (SSSR count). The number of benzene rings is 5. The van der Waals surface area contributed by atoms with Crippen molar-refractivity contribution >= 4 is 33.4 Å². The van der Waals surface area contributed by atoms with Crippen LogP contribution in [0.1, 0.15) is 23.6 Å². The van der Waals surface area contributed by atoms with Crippen LogP contribution in [0.5, 0.6) is 0 Å². The molecule has 5 aromatic carbocycles. The normalized spacial score (nSPS) is 12.4. The van der Waals surface area contributed by atoms with E-state index < -0.39 is 17.4 Å². The molecule has 0 aliphatic heterocycles. The van der Waals surface area contributed by atoms with Gasteiger partial charge in [0.1, 0.15) is 6.04 Å². The smallest absolute Gasteiger partial charge is 0.326 e. The van der Waals surface area contributed by atoms with Gasteiger partial charge in [-0.25, -0.2) is 4.79 Å². The zero-order chi connectivity index (χ0) is 25.1. The van der Waals surface area contributed by atoms with Crippen LogP contribution in [0.4, 0.5) is 0 Å². The third-order valence-corrected chi connectivity index (χ3v) is 7.05. The molecule has 0 aromatic heterocycles. The maximum Gasteiger partial charge on any atom is 0.326 e. The first-order chi connectivity index (χ1) is 17.5. The molecule has 0 saturated carbocycles. The standard InChI is InChI=1S/C32H27NO3/c1-32(24-14-4-2-5-15-24,25-16-6-3-7-17-25)31(36)33-29(30(34)35)21-28-26-18-10-8-12-22(26)20-23-13-9-11-19-27(23)28/h2-20,29H,21H2,1H3,(H,33,36)(H,34,35)/t29-/m0/s1. The highest BCUT2D eigenvalue weighted by molar-refractivity contribution is 6.03. The van der Waals surface area contributed by atoms with Crippen molar-refractivity contribution in [1.29, 1.82) is 0 Å². The van der Waals surface area contributed by atoms with Gasteiger partial charge in [-0.3, -0.25) is 4.79 Å². The van der Waals surface area contributed by atoms with E-state index in [1.165, 1.54) is 0 Å². The number of carboxylic acids is 1. The highest BCUT2D eigenvalue weighted by Gasteiger charge is 2.39. The predicted molar refractivity (Wildman–Crippen MR) is 144 cm³/mol. The van der Waals surface area contributed by atoms with E-state index in [-0.39, 0.29) is 12.3 Å². The maximum atomic E-state index is 13.9. The fourth-order valence-electron chi connectivity index (χ4n) is 5.01. The van der Waals surface area contributed by atoms with Crippen LogP contribution in [-0.2, 0) is 21.4 Å². The Morgan fingerprint density at radius 3 is 1.64 bits per heavy atom. The molecule has 0 spiro atoms. The van der Waals surface area contributed by atoms with Gasteiger partial charge in [-0.05, 0) is 51.2 Å². The molecular formula is C32H27NO3. The molecule has 0 aliphatic rings. The van der Waals surface area contributed by atoms with Gasteiger partial charge in [-0.15, -0.1) is 0 Å². The number of hydrogen-bond acceptors (Lipinski definition) is 2. The lowest BCUT2D eigenvalue weighted by Gasteiger charge is -2.31. The Labute approximate surface area is 210 Å². The van der Waals surface area contributed by atoms with Crippen molar-refractivity contribution in [2.45, 2.75) is 24.8 Å². The second-order valence-corrected chi connectivity index (χ2v) is 9.22. The molecule has 2 N–H and O–H groups in total. The Kier molecular flexibility index (Phi) is 6.26. The quantitative estimate of drug-likeness (QED) is 0.280. The minimum atomic E-state index is -1.10. The van der Waals surface area contributed by atoms with Crippen molar-refractivity contribution in [3.63, 3.8) is 0 Å². The van der Waals surface area contributed by atoms with Crippen LogP contribution in [0.15, 0.2) is 115 Å². The summed E-state index contributed by atoms with van der Waals surface area (Å²) in [7, 11) is 0. The molecule has 0 radical (unpaired) electrons. The molecule has 36 heavy (non-hydrogen) atoms. The van der Waals surface area contributed by atoms with Gasteiger partial charge in [0.25, 0.3) is 0 Å². The molecule has 5 aromatic rings. The Hall–Kier alpha value is -4.44. The van der Waals surface area contributed by atoms with Crippen LogP contribution >= 0.6 is 0 Å². The Balaban J connectivity index is 1.56. The van der Waals surface area contributed by atoms with E-state index in [4.69, 9.17) is 0 Å². The van der Waals surface area contributed by atoms with Crippen LogP contribution in [0.3, 0.4) is 0 Å². The average Bonchev–Trinajstić information content (AvgIpc) is 2.92. The number of amides is 1. The Morgan fingerprint density at radius 2 is 1.17 bits per heavy atom. The minimum absolute atomic E-state index is 0.169. The van der Waals surface area contributed by atoms with E-state index in [0.29, 0.717) is 0 Å². The van der Waals surface area contributed by atoms with Crippen molar-refractivity contribution in [3.05, 3.63) is 132 Å². The number of fused-ring (bicyclic) bond motifs is 2. The summed E-state index contributed by atoms with van der Waals surface area (Å²) < 4.78 is 0. The first-order valence-electron chi connectivity index (χ1n) is 12.0. The summed E-state index contributed by atoms with van der Waals surface area (Å²) >= 11 is 0.